The molecule has 0 heterocycles. The molecule has 0 aliphatic rings. The maximum absolute atomic E-state index is 13.6. The van der Waals surface area contributed by atoms with Gasteiger partial charge in [0.25, 0.3) is 0 Å². The molecule has 2 aromatic carbocycles. The van der Waals surface area contributed by atoms with E-state index in [9.17, 15) is 21.6 Å². The molecule has 0 aromatic heterocycles. The van der Waals surface area contributed by atoms with Crippen molar-refractivity contribution >= 4 is 21.6 Å². The van der Waals surface area contributed by atoms with Gasteiger partial charge in [-0.3, -0.25) is 0 Å². The van der Waals surface area contributed by atoms with E-state index in [2.05, 4.69) is 0 Å². The van der Waals surface area contributed by atoms with Crippen LogP contribution in [-0.4, -0.2) is 8.42 Å². The molecular formula is C13H9ClF3NO2S. The summed E-state index contributed by atoms with van der Waals surface area (Å²) in [4.78, 5) is -0.216. The number of benzene rings is 2. The number of rotatable bonds is 4. The first-order valence-electron chi connectivity index (χ1n) is 5.69. The van der Waals surface area contributed by atoms with E-state index in [1.807, 2.05) is 4.72 Å². The summed E-state index contributed by atoms with van der Waals surface area (Å²) in [6, 6.07) is 5.99. The summed E-state index contributed by atoms with van der Waals surface area (Å²) in [6.45, 7) is -0.613. The molecular weight excluding hydrogens is 327 g/mol. The average Bonchev–Trinajstić information content (AvgIpc) is 2.43. The predicted octanol–water partition coefficient (Wildman–Crippen LogP) is 3.24. The summed E-state index contributed by atoms with van der Waals surface area (Å²) >= 11 is 5.51. The third-order valence-corrected chi connectivity index (χ3v) is 4.41. The van der Waals surface area contributed by atoms with E-state index in [4.69, 9.17) is 11.6 Å². The molecule has 21 heavy (non-hydrogen) atoms. The van der Waals surface area contributed by atoms with Crippen molar-refractivity contribution in [3.05, 3.63) is 64.4 Å². The van der Waals surface area contributed by atoms with E-state index in [0.717, 1.165) is 36.4 Å². The lowest BCUT2D eigenvalue weighted by Crippen LogP contribution is -2.24. The summed E-state index contributed by atoms with van der Waals surface area (Å²) in [5, 5.41) is -0.313. The van der Waals surface area contributed by atoms with Crippen LogP contribution in [0.3, 0.4) is 0 Å². The van der Waals surface area contributed by atoms with Crippen LogP contribution >= 0.6 is 11.6 Å². The molecule has 0 radical (unpaired) electrons. The molecule has 0 fully saturated rings. The quantitative estimate of drug-likeness (QED) is 0.872. The molecule has 8 heteroatoms. The summed E-state index contributed by atoms with van der Waals surface area (Å²) in [6.07, 6.45) is 0. The van der Waals surface area contributed by atoms with E-state index in [1.54, 1.807) is 0 Å². The van der Waals surface area contributed by atoms with Crippen LogP contribution in [0.4, 0.5) is 13.2 Å². The van der Waals surface area contributed by atoms with Gasteiger partial charge in [0.1, 0.15) is 17.5 Å². The topological polar surface area (TPSA) is 46.2 Å². The van der Waals surface area contributed by atoms with Crippen LogP contribution in [-0.2, 0) is 16.6 Å². The van der Waals surface area contributed by atoms with E-state index in [0.29, 0.717) is 0 Å². The lowest BCUT2D eigenvalue weighted by atomic mass is 10.2. The molecule has 0 saturated carbocycles. The predicted molar refractivity (Wildman–Crippen MR) is 71.8 cm³/mol. The zero-order valence-corrected chi connectivity index (χ0v) is 12.0. The van der Waals surface area contributed by atoms with Crippen molar-refractivity contribution in [2.24, 2.45) is 0 Å². The highest BCUT2D eigenvalue weighted by atomic mass is 35.5. The van der Waals surface area contributed by atoms with Gasteiger partial charge < -0.3 is 0 Å². The van der Waals surface area contributed by atoms with Crippen LogP contribution in [0.15, 0.2) is 41.3 Å². The SMILES string of the molecule is O=S(=O)(NCc1c(F)ccc(Cl)c1F)c1ccc(F)cc1. The molecule has 0 spiro atoms. The normalized spacial score (nSPS) is 11.6. The van der Waals surface area contributed by atoms with Gasteiger partial charge in [0.05, 0.1) is 9.92 Å². The minimum atomic E-state index is -4.01. The highest BCUT2D eigenvalue weighted by molar-refractivity contribution is 7.89. The van der Waals surface area contributed by atoms with Crippen LogP contribution in [0, 0.1) is 17.5 Å². The maximum atomic E-state index is 13.6. The van der Waals surface area contributed by atoms with Crippen molar-refractivity contribution in [1.29, 1.82) is 0 Å². The van der Waals surface area contributed by atoms with Gasteiger partial charge in [-0.25, -0.2) is 26.3 Å². The fraction of sp³-hybridized carbons (Fsp3) is 0.0769. The van der Waals surface area contributed by atoms with Crippen molar-refractivity contribution in [3.63, 3.8) is 0 Å². The second kappa shape index (κ2) is 6.05. The zero-order valence-electron chi connectivity index (χ0n) is 10.4. The number of nitrogens with one attached hydrogen (secondary N) is 1. The number of hydrogen-bond donors (Lipinski definition) is 1. The number of halogens is 4. The van der Waals surface area contributed by atoms with E-state index in [1.165, 1.54) is 0 Å². The Morgan fingerprint density at radius 3 is 2.24 bits per heavy atom. The van der Waals surface area contributed by atoms with Crippen molar-refractivity contribution in [2.45, 2.75) is 11.4 Å². The lowest BCUT2D eigenvalue weighted by Gasteiger charge is -2.09. The second-order valence-corrected chi connectivity index (χ2v) is 6.27. The Morgan fingerprint density at radius 1 is 1.00 bits per heavy atom. The molecule has 0 atom stereocenters. The second-order valence-electron chi connectivity index (χ2n) is 4.10. The number of sulfonamides is 1. The van der Waals surface area contributed by atoms with E-state index in [-0.39, 0.29) is 9.92 Å². The summed E-state index contributed by atoms with van der Waals surface area (Å²) in [7, 11) is -4.01. The van der Waals surface area contributed by atoms with Crippen molar-refractivity contribution in [1.82, 2.24) is 4.72 Å². The van der Waals surface area contributed by atoms with Crippen molar-refractivity contribution < 1.29 is 21.6 Å². The first kappa shape index (κ1) is 15.8. The highest BCUT2D eigenvalue weighted by Crippen LogP contribution is 2.21. The van der Waals surface area contributed by atoms with Gasteiger partial charge in [-0.15, -0.1) is 0 Å². The van der Waals surface area contributed by atoms with Crippen LogP contribution in [0.5, 0.6) is 0 Å². The molecule has 0 amide bonds. The van der Waals surface area contributed by atoms with Crippen LogP contribution in [0.2, 0.25) is 5.02 Å². The Bertz CT molecular complexity index is 764. The third-order valence-electron chi connectivity index (χ3n) is 2.70. The molecule has 2 rings (SSSR count). The molecule has 112 valence electrons. The van der Waals surface area contributed by atoms with Gasteiger partial charge in [-0.2, -0.15) is 0 Å². The first-order chi connectivity index (χ1) is 9.81. The monoisotopic (exact) mass is 335 g/mol. The highest BCUT2D eigenvalue weighted by Gasteiger charge is 2.18. The van der Waals surface area contributed by atoms with E-state index >= 15 is 0 Å². The minimum absolute atomic E-state index is 0.216. The maximum Gasteiger partial charge on any atom is 0.240 e. The molecule has 0 aliphatic heterocycles. The lowest BCUT2D eigenvalue weighted by molar-refractivity contribution is 0.544. The van der Waals surface area contributed by atoms with Crippen molar-refractivity contribution in [2.75, 3.05) is 0 Å². The Balaban J connectivity index is 2.23. The van der Waals surface area contributed by atoms with Gasteiger partial charge in [0.2, 0.25) is 10.0 Å². The smallest absolute Gasteiger partial charge is 0.207 e. The minimum Gasteiger partial charge on any atom is -0.207 e. The molecule has 3 nitrogen and oxygen atoms in total. The largest absolute Gasteiger partial charge is 0.240 e. The fourth-order valence-corrected chi connectivity index (χ4v) is 2.77. The van der Waals surface area contributed by atoms with Crippen LogP contribution in [0.1, 0.15) is 5.56 Å². The van der Waals surface area contributed by atoms with E-state index < -0.39 is 39.6 Å². The van der Waals surface area contributed by atoms with Crippen molar-refractivity contribution in [3.8, 4) is 0 Å². The molecule has 1 N–H and O–H groups in total. The standard InChI is InChI=1S/C13H9ClF3NO2S/c14-11-5-6-12(16)10(13(11)17)7-18-21(19,20)9-3-1-8(15)2-4-9/h1-6,18H,7H2. The summed E-state index contributed by atoms with van der Waals surface area (Å²) in [5.41, 5.74) is -0.492. The molecule has 0 saturated heterocycles. The third kappa shape index (κ3) is 3.55. The Kier molecular flexibility index (Phi) is 4.55. The fourth-order valence-electron chi connectivity index (χ4n) is 1.60. The van der Waals surface area contributed by atoms with Crippen LogP contribution in [0.25, 0.3) is 0 Å². The summed E-state index contributed by atoms with van der Waals surface area (Å²) < 4.78 is 65.7. The Labute approximate surface area is 124 Å². The Hall–Kier alpha value is -1.57. The zero-order chi connectivity index (χ0) is 15.6. The van der Waals surface area contributed by atoms with Gasteiger partial charge in [-0.05, 0) is 36.4 Å². The molecule has 0 aliphatic carbocycles. The Morgan fingerprint density at radius 2 is 1.62 bits per heavy atom. The summed E-state index contributed by atoms with van der Waals surface area (Å²) in [5.74, 6) is -2.54. The molecule has 2 aromatic rings. The first-order valence-corrected chi connectivity index (χ1v) is 7.55. The van der Waals surface area contributed by atoms with Gasteiger partial charge in [-0.1, -0.05) is 11.6 Å². The molecule has 0 bridgehead atoms. The van der Waals surface area contributed by atoms with Gasteiger partial charge >= 0.3 is 0 Å². The van der Waals surface area contributed by atoms with Gasteiger partial charge in [0.15, 0.2) is 0 Å². The molecule has 0 unspecified atom stereocenters. The van der Waals surface area contributed by atoms with Gasteiger partial charge in [0, 0.05) is 12.1 Å². The number of hydrogen-bond acceptors (Lipinski definition) is 2. The van der Waals surface area contributed by atoms with Crippen LogP contribution < -0.4 is 4.72 Å². The average molecular weight is 336 g/mol.